The van der Waals surface area contributed by atoms with Gasteiger partial charge in [0.15, 0.2) is 0 Å². The molecule has 0 saturated heterocycles. The second-order valence-corrected chi connectivity index (χ2v) is 3.67. The van der Waals surface area contributed by atoms with Crippen LogP contribution in [0.15, 0.2) is 24.3 Å². The van der Waals surface area contributed by atoms with Crippen molar-refractivity contribution >= 4 is 17.6 Å². The van der Waals surface area contributed by atoms with Gasteiger partial charge in [-0.1, -0.05) is 12.1 Å². The van der Waals surface area contributed by atoms with E-state index in [0.29, 0.717) is 13.1 Å². The summed E-state index contributed by atoms with van der Waals surface area (Å²) in [4.78, 5) is 21.6. The van der Waals surface area contributed by atoms with Crippen LogP contribution in [0.5, 0.6) is 0 Å². The minimum atomic E-state index is -0.890. The van der Waals surface area contributed by atoms with Crippen LogP contribution >= 0.6 is 0 Å². The second kappa shape index (κ2) is 7.39. The smallest absolute Gasteiger partial charge is 0.304 e. The van der Waals surface area contributed by atoms with Crippen molar-refractivity contribution in [1.82, 2.24) is 5.32 Å². The van der Waals surface area contributed by atoms with Crippen LogP contribution in [0.3, 0.4) is 0 Å². The number of rotatable bonds is 7. The summed E-state index contributed by atoms with van der Waals surface area (Å²) in [5, 5.41) is 13.6. The summed E-state index contributed by atoms with van der Waals surface area (Å²) in [6, 6.07) is 5.91. The highest BCUT2D eigenvalue weighted by Crippen LogP contribution is 2.12. The third-order valence-corrected chi connectivity index (χ3v) is 2.19. The summed E-state index contributed by atoms with van der Waals surface area (Å²) in [7, 11) is 0. The fourth-order valence-electron chi connectivity index (χ4n) is 1.30. The van der Waals surface area contributed by atoms with Crippen LogP contribution in [-0.2, 0) is 9.59 Å². The van der Waals surface area contributed by atoms with Gasteiger partial charge in [-0.25, -0.2) is 4.39 Å². The molecule has 0 aliphatic carbocycles. The van der Waals surface area contributed by atoms with Crippen LogP contribution in [0, 0.1) is 5.82 Å². The molecular formula is C12H15FN2O3. The summed E-state index contributed by atoms with van der Waals surface area (Å²) >= 11 is 0. The number of carboxylic acids is 1. The number of para-hydroxylation sites is 1. The van der Waals surface area contributed by atoms with Gasteiger partial charge in [-0.15, -0.1) is 0 Å². The van der Waals surface area contributed by atoms with Crippen LogP contribution in [0.1, 0.15) is 12.8 Å². The molecule has 0 spiro atoms. The Morgan fingerprint density at radius 2 is 1.83 bits per heavy atom. The average Bonchev–Trinajstić information content (AvgIpc) is 2.31. The molecule has 0 bridgehead atoms. The Morgan fingerprint density at radius 1 is 1.17 bits per heavy atom. The number of amides is 1. The van der Waals surface area contributed by atoms with Gasteiger partial charge in [0, 0.05) is 19.5 Å². The molecule has 5 nitrogen and oxygen atoms in total. The Kier molecular flexibility index (Phi) is 5.79. The first-order valence-electron chi connectivity index (χ1n) is 5.56. The van der Waals surface area contributed by atoms with E-state index in [-0.39, 0.29) is 24.4 Å². The molecule has 0 aliphatic heterocycles. The van der Waals surface area contributed by atoms with Gasteiger partial charge < -0.3 is 15.7 Å². The van der Waals surface area contributed by atoms with Gasteiger partial charge >= 0.3 is 5.97 Å². The fraction of sp³-hybridized carbons (Fsp3) is 0.333. The number of carboxylic acid groups (broad SMARTS) is 1. The molecule has 0 heterocycles. The van der Waals surface area contributed by atoms with E-state index in [1.165, 1.54) is 12.1 Å². The molecule has 0 aliphatic rings. The normalized spacial score (nSPS) is 10.1. The molecule has 3 N–H and O–H groups in total. The first-order valence-corrected chi connectivity index (χ1v) is 5.56. The van der Waals surface area contributed by atoms with Crippen molar-refractivity contribution in [3.05, 3.63) is 30.1 Å². The zero-order valence-corrected chi connectivity index (χ0v) is 9.78. The van der Waals surface area contributed by atoms with E-state index in [9.17, 15) is 14.0 Å². The number of carbonyl (C=O) groups is 2. The Hall–Kier alpha value is -1.95. The lowest BCUT2D eigenvalue weighted by Crippen LogP contribution is -2.24. The molecule has 0 saturated carbocycles. The maximum atomic E-state index is 13.2. The number of carbonyl (C=O) groups excluding carboxylic acids is 1. The molecule has 1 aromatic carbocycles. The van der Waals surface area contributed by atoms with Crippen LogP contribution in [0.4, 0.5) is 10.1 Å². The van der Waals surface area contributed by atoms with E-state index < -0.39 is 11.8 Å². The van der Waals surface area contributed by atoms with Gasteiger partial charge in [-0.05, 0) is 12.1 Å². The van der Waals surface area contributed by atoms with E-state index in [1.54, 1.807) is 12.1 Å². The SMILES string of the molecule is O=C(O)CCNCCC(=O)Nc1ccccc1F. The van der Waals surface area contributed by atoms with Gasteiger partial charge in [-0.3, -0.25) is 9.59 Å². The van der Waals surface area contributed by atoms with Crippen molar-refractivity contribution in [2.75, 3.05) is 18.4 Å². The zero-order valence-electron chi connectivity index (χ0n) is 9.78. The Labute approximate surface area is 104 Å². The molecule has 1 rings (SSSR count). The molecule has 6 heteroatoms. The second-order valence-electron chi connectivity index (χ2n) is 3.67. The third kappa shape index (κ3) is 5.40. The lowest BCUT2D eigenvalue weighted by atomic mass is 10.3. The molecule has 0 atom stereocenters. The van der Waals surface area contributed by atoms with Crippen molar-refractivity contribution in [1.29, 1.82) is 0 Å². The van der Waals surface area contributed by atoms with Crippen molar-refractivity contribution in [3.63, 3.8) is 0 Å². The number of hydrogen-bond donors (Lipinski definition) is 3. The minimum absolute atomic E-state index is 0.00886. The summed E-state index contributed by atoms with van der Waals surface area (Å²) in [6.07, 6.45) is 0.170. The molecule has 1 amide bonds. The first kappa shape index (κ1) is 14.1. The third-order valence-electron chi connectivity index (χ3n) is 2.19. The van der Waals surface area contributed by atoms with Crippen molar-refractivity contribution in [2.24, 2.45) is 0 Å². The van der Waals surface area contributed by atoms with Crippen molar-refractivity contribution in [3.8, 4) is 0 Å². The monoisotopic (exact) mass is 254 g/mol. The molecule has 0 unspecified atom stereocenters. The number of halogens is 1. The standard InChI is InChI=1S/C12H15FN2O3/c13-9-3-1-2-4-10(9)15-11(16)5-7-14-8-6-12(17)18/h1-4,14H,5-8H2,(H,15,16)(H,17,18). The van der Waals surface area contributed by atoms with Crippen LogP contribution < -0.4 is 10.6 Å². The van der Waals surface area contributed by atoms with E-state index >= 15 is 0 Å². The topological polar surface area (TPSA) is 78.4 Å². The summed E-state index contributed by atoms with van der Waals surface area (Å²) in [6.45, 7) is 0.663. The van der Waals surface area contributed by atoms with Crippen molar-refractivity contribution in [2.45, 2.75) is 12.8 Å². The maximum Gasteiger partial charge on any atom is 0.304 e. The van der Waals surface area contributed by atoms with Crippen LogP contribution in [0.25, 0.3) is 0 Å². The number of nitrogens with one attached hydrogen (secondary N) is 2. The van der Waals surface area contributed by atoms with Crippen LogP contribution in [0.2, 0.25) is 0 Å². The number of aliphatic carboxylic acids is 1. The summed E-state index contributed by atoms with van der Waals surface area (Å²) in [5.41, 5.74) is 0.146. The fourth-order valence-corrected chi connectivity index (χ4v) is 1.30. The molecule has 1 aromatic rings. The summed E-state index contributed by atoms with van der Waals surface area (Å²) in [5.74, 6) is -1.69. The van der Waals surface area contributed by atoms with Gasteiger partial charge in [0.05, 0.1) is 12.1 Å². The summed E-state index contributed by atoms with van der Waals surface area (Å²) < 4.78 is 13.2. The number of anilines is 1. The highest BCUT2D eigenvalue weighted by atomic mass is 19.1. The predicted octanol–water partition coefficient (Wildman–Crippen LogP) is 1.22. The molecular weight excluding hydrogens is 239 g/mol. The highest BCUT2D eigenvalue weighted by molar-refractivity contribution is 5.90. The van der Waals surface area contributed by atoms with Gasteiger partial charge in [0.1, 0.15) is 5.82 Å². The minimum Gasteiger partial charge on any atom is -0.481 e. The average molecular weight is 254 g/mol. The largest absolute Gasteiger partial charge is 0.481 e. The predicted molar refractivity (Wildman–Crippen MR) is 64.8 cm³/mol. The maximum absolute atomic E-state index is 13.2. The highest BCUT2D eigenvalue weighted by Gasteiger charge is 2.05. The van der Waals surface area contributed by atoms with Gasteiger partial charge in [0.25, 0.3) is 0 Å². The lowest BCUT2D eigenvalue weighted by Gasteiger charge is -2.06. The van der Waals surface area contributed by atoms with E-state index in [0.717, 1.165) is 0 Å². The molecule has 0 radical (unpaired) electrons. The van der Waals surface area contributed by atoms with Gasteiger partial charge in [0.2, 0.25) is 5.91 Å². The molecule has 0 fully saturated rings. The number of hydrogen-bond acceptors (Lipinski definition) is 3. The van der Waals surface area contributed by atoms with Crippen molar-refractivity contribution < 1.29 is 19.1 Å². The molecule has 0 aromatic heterocycles. The number of benzene rings is 1. The Bertz CT molecular complexity index is 424. The van der Waals surface area contributed by atoms with Gasteiger partial charge in [-0.2, -0.15) is 0 Å². The Balaban J connectivity index is 2.22. The van der Waals surface area contributed by atoms with E-state index in [2.05, 4.69) is 10.6 Å². The molecule has 98 valence electrons. The zero-order chi connectivity index (χ0) is 13.4. The quantitative estimate of drug-likeness (QED) is 0.639. The van der Waals surface area contributed by atoms with E-state index in [4.69, 9.17) is 5.11 Å². The van der Waals surface area contributed by atoms with E-state index in [1.807, 2.05) is 0 Å². The lowest BCUT2D eigenvalue weighted by molar-refractivity contribution is -0.136. The first-order chi connectivity index (χ1) is 8.59. The van der Waals surface area contributed by atoms with Crippen LogP contribution in [-0.4, -0.2) is 30.1 Å². The Morgan fingerprint density at radius 3 is 2.50 bits per heavy atom. The molecule has 18 heavy (non-hydrogen) atoms.